The van der Waals surface area contributed by atoms with Crippen molar-refractivity contribution in [3.63, 3.8) is 0 Å². The number of rotatable bonds is 4. The van der Waals surface area contributed by atoms with Gasteiger partial charge in [0.2, 0.25) is 5.91 Å². The Morgan fingerprint density at radius 3 is 2.62 bits per heavy atom. The smallest absolute Gasteiger partial charge is 0.253 e. The molecule has 1 heterocycles. The zero-order valence-electron chi connectivity index (χ0n) is 14.4. The Morgan fingerprint density at radius 2 is 2.00 bits per heavy atom. The third-order valence-corrected chi connectivity index (χ3v) is 4.67. The maximum atomic E-state index is 12.5. The van der Waals surface area contributed by atoms with E-state index in [2.05, 4.69) is 26.1 Å². The third kappa shape index (κ3) is 5.12. The second kappa shape index (κ2) is 7.75. The Hall–Kier alpha value is -1.26. The van der Waals surface area contributed by atoms with E-state index in [9.17, 15) is 9.59 Å². The second-order valence-corrected chi connectivity index (χ2v) is 8.30. The molecule has 24 heavy (non-hydrogen) atoms. The van der Waals surface area contributed by atoms with Crippen LogP contribution in [0, 0.1) is 5.41 Å². The lowest BCUT2D eigenvalue weighted by molar-refractivity contribution is -0.131. The number of likely N-dealkylation sites (tertiary alicyclic amines) is 1. The maximum Gasteiger partial charge on any atom is 0.253 e. The molecular weight excluding hydrogens is 347 g/mol. The highest BCUT2D eigenvalue weighted by molar-refractivity contribution is 6.36. The highest BCUT2D eigenvalue weighted by atomic mass is 35.5. The molecule has 132 valence electrons. The molecule has 0 radical (unpaired) electrons. The van der Waals surface area contributed by atoms with Crippen molar-refractivity contribution in [3.05, 3.63) is 33.8 Å². The van der Waals surface area contributed by atoms with Crippen LogP contribution in [0.1, 0.15) is 50.4 Å². The Kier molecular flexibility index (Phi) is 6.16. The van der Waals surface area contributed by atoms with Crippen molar-refractivity contribution in [2.75, 3.05) is 13.1 Å². The van der Waals surface area contributed by atoms with E-state index < -0.39 is 0 Å². The fraction of sp³-hybridized carbons (Fsp3) is 0.556. The minimum absolute atomic E-state index is 0.0154. The van der Waals surface area contributed by atoms with Crippen LogP contribution in [0.25, 0.3) is 0 Å². The summed E-state index contributed by atoms with van der Waals surface area (Å²) in [5.74, 6) is -0.406. The summed E-state index contributed by atoms with van der Waals surface area (Å²) >= 11 is 11.8. The number of carbonyl (C=O) groups excluding carboxylic acids is 2. The number of halogens is 2. The monoisotopic (exact) mass is 370 g/mol. The summed E-state index contributed by atoms with van der Waals surface area (Å²) in [6.45, 7) is 7.28. The van der Waals surface area contributed by atoms with E-state index in [-0.39, 0.29) is 34.8 Å². The third-order valence-electron chi connectivity index (χ3n) is 4.12. The lowest BCUT2D eigenvalue weighted by Gasteiger charge is -2.30. The minimum atomic E-state index is -0.364. The Bertz CT molecular complexity index is 626. The van der Waals surface area contributed by atoms with Gasteiger partial charge in [-0.3, -0.25) is 9.59 Å². The lowest BCUT2D eigenvalue weighted by Crippen LogP contribution is -2.43. The van der Waals surface area contributed by atoms with Crippen molar-refractivity contribution in [3.8, 4) is 0 Å². The molecule has 1 unspecified atom stereocenters. The Labute approximate surface area is 153 Å². The molecule has 4 nitrogen and oxygen atoms in total. The van der Waals surface area contributed by atoms with Crippen LogP contribution in [-0.2, 0) is 4.79 Å². The van der Waals surface area contributed by atoms with Crippen LogP contribution in [-0.4, -0.2) is 35.8 Å². The minimum Gasteiger partial charge on any atom is -0.343 e. The molecule has 0 spiro atoms. The predicted octanol–water partition coefficient (Wildman–Crippen LogP) is 4.15. The van der Waals surface area contributed by atoms with E-state index in [0.29, 0.717) is 10.6 Å². The number of benzene rings is 1. The summed E-state index contributed by atoms with van der Waals surface area (Å²) in [5, 5.41) is 3.41. The maximum absolute atomic E-state index is 12.5. The van der Waals surface area contributed by atoms with E-state index >= 15 is 0 Å². The van der Waals surface area contributed by atoms with Crippen molar-refractivity contribution in [2.24, 2.45) is 5.41 Å². The predicted molar refractivity (Wildman–Crippen MR) is 97.6 cm³/mol. The molecule has 1 aliphatic heterocycles. The number of hydrogen-bond donors (Lipinski definition) is 1. The van der Waals surface area contributed by atoms with Gasteiger partial charge in [-0.05, 0) is 42.9 Å². The van der Waals surface area contributed by atoms with Crippen LogP contribution in [0.3, 0.4) is 0 Å². The van der Waals surface area contributed by atoms with Gasteiger partial charge in [-0.25, -0.2) is 0 Å². The molecule has 1 N–H and O–H groups in total. The van der Waals surface area contributed by atoms with Crippen molar-refractivity contribution in [1.29, 1.82) is 0 Å². The summed E-state index contributed by atoms with van der Waals surface area (Å²) in [7, 11) is 0. The van der Waals surface area contributed by atoms with Crippen molar-refractivity contribution in [1.82, 2.24) is 10.2 Å². The highest BCUT2D eigenvalue weighted by Gasteiger charge is 2.31. The number of amides is 2. The second-order valence-electron chi connectivity index (χ2n) is 7.45. The Balaban J connectivity index is 1.93. The van der Waals surface area contributed by atoms with E-state index in [0.717, 1.165) is 25.8 Å². The van der Waals surface area contributed by atoms with Gasteiger partial charge in [0, 0.05) is 17.6 Å². The van der Waals surface area contributed by atoms with Gasteiger partial charge in [0.05, 0.1) is 17.1 Å². The molecule has 0 aliphatic carbocycles. The fourth-order valence-electron chi connectivity index (χ4n) is 3.11. The normalized spacial score (nSPS) is 17.9. The molecular formula is C18H24Cl2N2O2. The molecule has 1 aromatic carbocycles. The number of hydrogen-bond acceptors (Lipinski definition) is 2. The topological polar surface area (TPSA) is 49.4 Å². The largest absolute Gasteiger partial charge is 0.343 e. The lowest BCUT2D eigenvalue weighted by atomic mass is 9.87. The molecule has 1 fully saturated rings. The number of nitrogens with zero attached hydrogens (tertiary/aromatic N) is 1. The Morgan fingerprint density at radius 1 is 1.29 bits per heavy atom. The van der Waals surface area contributed by atoms with Gasteiger partial charge in [-0.2, -0.15) is 0 Å². The van der Waals surface area contributed by atoms with E-state index in [1.165, 1.54) is 6.07 Å². The van der Waals surface area contributed by atoms with Gasteiger partial charge >= 0.3 is 0 Å². The van der Waals surface area contributed by atoms with Gasteiger partial charge in [0.1, 0.15) is 0 Å². The average molecular weight is 371 g/mol. The highest BCUT2D eigenvalue weighted by Crippen LogP contribution is 2.29. The first kappa shape index (κ1) is 19.1. The first-order valence-electron chi connectivity index (χ1n) is 8.20. The van der Waals surface area contributed by atoms with E-state index in [1.807, 2.05) is 4.90 Å². The first-order chi connectivity index (χ1) is 11.2. The van der Waals surface area contributed by atoms with Gasteiger partial charge in [0.15, 0.2) is 0 Å². The van der Waals surface area contributed by atoms with Crippen molar-refractivity contribution < 1.29 is 9.59 Å². The molecule has 0 bridgehead atoms. The van der Waals surface area contributed by atoms with Gasteiger partial charge in [0.25, 0.3) is 5.91 Å². The van der Waals surface area contributed by atoms with Crippen LogP contribution in [0.4, 0.5) is 0 Å². The SMILES string of the molecule is CC(C)(C)CC1CCCN1C(=O)CNC(=O)c1ccc(Cl)cc1Cl. The summed E-state index contributed by atoms with van der Waals surface area (Å²) in [5.41, 5.74) is 0.495. The van der Waals surface area contributed by atoms with Crippen molar-refractivity contribution in [2.45, 2.75) is 46.1 Å². The van der Waals surface area contributed by atoms with Gasteiger partial charge in [-0.1, -0.05) is 44.0 Å². The van der Waals surface area contributed by atoms with Crippen LogP contribution in [0.15, 0.2) is 18.2 Å². The summed E-state index contributed by atoms with van der Waals surface area (Å²) < 4.78 is 0. The van der Waals surface area contributed by atoms with Crippen LogP contribution >= 0.6 is 23.2 Å². The van der Waals surface area contributed by atoms with E-state index in [4.69, 9.17) is 23.2 Å². The summed E-state index contributed by atoms with van der Waals surface area (Å²) in [6, 6.07) is 4.93. The van der Waals surface area contributed by atoms with Crippen LogP contribution in [0.2, 0.25) is 10.0 Å². The zero-order chi connectivity index (χ0) is 17.9. The average Bonchev–Trinajstić information content (AvgIpc) is 2.90. The molecule has 0 saturated carbocycles. The van der Waals surface area contributed by atoms with E-state index in [1.54, 1.807) is 12.1 Å². The standard InChI is InChI=1S/C18H24Cl2N2O2/c1-18(2,3)10-13-5-4-8-22(13)16(23)11-21-17(24)14-7-6-12(19)9-15(14)20/h6-7,9,13H,4-5,8,10-11H2,1-3H3,(H,21,24). The van der Waals surface area contributed by atoms with Crippen LogP contribution in [0.5, 0.6) is 0 Å². The number of carbonyl (C=O) groups is 2. The molecule has 2 rings (SSSR count). The molecule has 6 heteroatoms. The zero-order valence-corrected chi connectivity index (χ0v) is 15.9. The fourth-order valence-corrected chi connectivity index (χ4v) is 3.60. The summed E-state index contributed by atoms with van der Waals surface area (Å²) in [6.07, 6.45) is 3.01. The molecule has 2 amide bonds. The summed E-state index contributed by atoms with van der Waals surface area (Å²) in [4.78, 5) is 26.6. The molecule has 0 aromatic heterocycles. The van der Waals surface area contributed by atoms with Gasteiger partial charge < -0.3 is 10.2 Å². The quantitative estimate of drug-likeness (QED) is 0.865. The van der Waals surface area contributed by atoms with Crippen molar-refractivity contribution >= 4 is 35.0 Å². The first-order valence-corrected chi connectivity index (χ1v) is 8.96. The molecule has 1 saturated heterocycles. The molecule has 1 atom stereocenters. The van der Waals surface area contributed by atoms with Crippen LogP contribution < -0.4 is 5.32 Å². The number of nitrogens with one attached hydrogen (secondary N) is 1. The molecule has 1 aliphatic rings. The molecule has 1 aromatic rings. The van der Waals surface area contributed by atoms with Gasteiger partial charge in [-0.15, -0.1) is 0 Å².